The fourth-order valence-electron chi connectivity index (χ4n) is 1.55. The Morgan fingerprint density at radius 1 is 1.19 bits per heavy atom. The van der Waals surface area contributed by atoms with Gasteiger partial charge in [0.15, 0.2) is 6.19 Å². The average molecular weight is 281 g/mol. The van der Waals surface area contributed by atoms with Gasteiger partial charge in [-0.3, -0.25) is 0 Å². The Bertz CT molecular complexity index is 706. The second-order valence-electron chi connectivity index (χ2n) is 3.92. The maximum Gasteiger partial charge on any atom is 0.335 e. The lowest BCUT2D eigenvalue weighted by Crippen LogP contribution is -2.24. The van der Waals surface area contributed by atoms with Gasteiger partial charge in [-0.1, -0.05) is 24.3 Å². The molecule has 0 heterocycles. The Labute approximate surface area is 120 Å². The van der Waals surface area contributed by atoms with Crippen molar-refractivity contribution in [2.24, 2.45) is 4.99 Å². The minimum absolute atomic E-state index is 0.0359. The summed E-state index contributed by atoms with van der Waals surface area (Å²) < 4.78 is 5.43. The van der Waals surface area contributed by atoms with Crippen molar-refractivity contribution in [1.82, 2.24) is 5.32 Å². The molecule has 21 heavy (non-hydrogen) atoms. The lowest BCUT2D eigenvalue weighted by atomic mass is 10.2. The number of aromatic carboxylic acids is 1. The minimum atomic E-state index is -1.05. The Kier molecular flexibility index (Phi) is 4.51. The van der Waals surface area contributed by atoms with E-state index in [1.807, 2.05) is 6.07 Å². The number of ether oxygens (including phenoxy) is 1. The van der Waals surface area contributed by atoms with Crippen LogP contribution >= 0.6 is 0 Å². The lowest BCUT2D eigenvalue weighted by molar-refractivity contribution is 0.0697. The number of hydrogen-bond donors (Lipinski definition) is 2. The standard InChI is InChI=1S/C15H11N3O3/c16-10-17-15(21-13-7-2-1-3-8-13)18-12-6-4-5-11(9-12)14(19)20/h1-9H,(H,17,18)(H,19,20). The summed E-state index contributed by atoms with van der Waals surface area (Å²) in [4.78, 5) is 15.0. The quantitative estimate of drug-likeness (QED) is 0.390. The summed E-state index contributed by atoms with van der Waals surface area (Å²) in [7, 11) is 0. The number of carboxylic acid groups (broad SMARTS) is 1. The van der Waals surface area contributed by atoms with Crippen molar-refractivity contribution in [1.29, 1.82) is 5.26 Å². The number of aliphatic imine (C=N–C) groups is 1. The molecule has 0 aliphatic heterocycles. The van der Waals surface area contributed by atoms with Crippen LogP contribution in [0.1, 0.15) is 10.4 Å². The van der Waals surface area contributed by atoms with E-state index >= 15 is 0 Å². The molecular weight excluding hydrogens is 270 g/mol. The van der Waals surface area contributed by atoms with Crippen LogP contribution < -0.4 is 10.1 Å². The van der Waals surface area contributed by atoms with E-state index in [0.29, 0.717) is 11.4 Å². The molecule has 2 N–H and O–H groups in total. The zero-order chi connectivity index (χ0) is 15.1. The van der Waals surface area contributed by atoms with Crippen LogP contribution in [0.15, 0.2) is 59.6 Å². The molecule has 0 atom stereocenters. The molecule has 0 aliphatic carbocycles. The molecule has 104 valence electrons. The van der Waals surface area contributed by atoms with Gasteiger partial charge in [0.25, 0.3) is 0 Å². The normalized spacial score (nSPS) is 10.5. The van der Waals surface area contributed by atoms with E-state index in [4.69, 9.17) is 15.1 Å². The summed E-state index contributed by atoms with van der Waals surface area (Å²) in [6.45, 7) is 0. The van der Waals surface area contributed by atoms with Gasteiger partial charge in [-0.05, 0) is 30.3 Å². The van der Waals surface area contributed by atoms with E-state index in [1.165, 1.54) is 12.1 Å². The van der Waals surface area contributed by atoms with Gasteiger partial charge in [-0.15, -0.1) is 0 Å². The van der Waals surface area contributed by atoms with E-state index in [2.05, 4.69) is 10.3 Å². The number of nitrogens with zero attached hydrogens (tertiary/aromatic N) is 2. The molecule has 0 saturated heterocycles. The van der Waals surface area contributed by atoms with Gasteiger partial charge >= 0.3 is 12.0 Å². The van der Waals surface area contributed by atoms with E-state index in [1.54, 1.807) is 42.6 Å². The fourth-order valence-corrected chi connectivity index (χ4v) is 1.55. The van der Waals surface area contributed by atoms with E-state index in [0.717, 1.165) is 0 Å². The van der Waals surface area contributed by atoms with Crippen LogP contribution in [-0.2, 0) is 0 Å². The highest BCUT2D eigenvalue weighted by Crippen LogP contribution is 2.15. The largest absolute Gasteiger partial charge is 0.478 e. The van der Waals surface area contributed by atoms with Gasteiger partial charge in [-0.25, -0.2) is 10.1 Å². The summed E-state index contributed by atoms with van der Waals surface area (Å²) in [5.74, 6) is -0.542. The zero-order valence-corrected chi connectivity index (χ0v) is 10.9. The number of nitriles is 1. The highest BCUT2D eigenvalue weighted by atomic mass is 16.5. The summed E-state index contributed by atoms with van der Waals surface area (Å²) in [6, 6.07) is 14.8. The van der Waals surface area contributed by atoms with Gasteiger partial charge in [0.05, 0.1) is 11.3 Å². The van der Waals surface area contributed by atoms with Gasteiger partial charge in [0.1, 0.15) is 5.75 Å². The Morgan fingerprint density at radius 2 is 1.95 bits per heavy atom. The molecule has 2 rings (SSSR count). The second-order valence-corrected chi connectivity index (χ2v) is 3.92. The zero-order valence-electron chi connectivity index (χ0n) is 10.9. The number of rotatable bonds is 3. The summed E-state index contributed by atoms with van der Waals surface area (Å²) >= 11 is 0. The molecule has 0 aliphatic rings. The van der Waals surface area contributed by atoms with Crippen LogP contribution in [-0.4, -0.2) is 17.1 Å². The van der Waals surface area contributed by atoms with Crippen molar-refractivity contribution < 1.29 is 14.6 Å². The minimum Gasteiger partial charge on any atom is -0.478 e. The number of hydrogen-bond acceptors (Lipinski definition) is 4. The molecule has 0 aromatic heterocycles. The lowest BCUT2D eigenvalue weighted by Gasteiger charge is -2.06. The first-order chi connectivity index (χ1) is 10.2. The Morgan fingerprint density at radius 3 is 2.62 bits per heavy atom. The molecule has 0 bridgehead atoms. The molecule has 0 fully saturated rings. The Hall–Kier alpha value is -3.33. The molecule has 0 amide bonds. The predicted molar refractivity (Wildman–Crippen MR) is 76.3 cm³/mol. The first-order valence-electron chi connectivity index (χ1n) is 5.99. The number of amidine groups is 1. The van der Waals surface area contributed by atoms with Gasteiger partial charge in [0.2, 0.25) is 0 Å². The molecule has 0 radical (unpaired) electrons. The number of carboxylic acids is 1. The van der Waals surface area contributed by atoms with Crippen LogP contribution in [0.2, 0.25) is 0 Å². The molecule has 0 saturated carbocycles. The summed E-state index contributed by atoms with van der Waals surface area (Å²) in [5.41, 5.74) is 0.468. The number of para-hydroxylation sites is 1. The van der Waals surface area contributed by atoms with Crippen molar-refractivity contribution >= 4 is 17.7 Å². The van der Waals surface area contributed by atoms with E-state index < -0.39 is 5.97 Å². The molecule has 0 unspecified atom stereocenters. The Balaban J connectivity index is 2.27. The molecule has 6 heteroatoms. The molecule has 6 nitrogen and oxygen atoms in total. The summed E-state index contributed by atoms with van der Waals surface area (Å²) in [6.07, 6.45) is 1.72. The first kappa shape index (κ1) is 14.1. The SMILES string of the molecule is N#CNC(=Nc1cccc(C(=O)O)c1)Oc1ccccc1. The van der Waals surface area contributed by atoms with Crippen LogP contribution in [0.5, 0.6) is 5.75 Å². The number of carbonyl (C=O) groups is 1. The average Bonchev–Trinajstić information content (AvgIpc) is 2.49. The van der Waals surface area contributed by atoms with Gasteiger partial charge in [-0.2, -0.15) is 10.3 Å². The van der Waals surface area contributed by atoms with Gasteiger partial charge in [0, 0.05) is 0 Å². The highest BCUT2D eigenvalue weighted by Gasteiger charge is 2.05. The third-order valence-electron chi connectivity index (χ3n) is 2.44. The van der Waals surface area contributed by atoms with Crippen LogP contribution in [0.4, 0.5) is 5.69 Å². The van der Waals surface area contributed by atoms with Crippen LogP contribution in [0.3, 0.4) is 0 Å². The molecule has 2 aromatic rings. The third-order valence-corrected chi connectivity index (χ3v) is 2.44. The maximum atomic E-state index is 10.9. The topological polar surface area (TPSA) is 94.7 Å². The molecular formula is C15H11N3O3. The van der Waals surface area contributed by atoms with Crippen molar-refractivity contribution in [3.8, 4) is 11.9 Å². The van der Waals surface area contributed by atoms with E-state index in [-0.39, 0.29) is 11.6 Å². The van der Waals surface area contributed by atoms with Crippen molar-refractivity contribution in [3.05, 3.63) is 60.2 Å². The van der Waals surface area contributed by atoms with Crippen molar-refractivity contribution in [2.75, 3.05) is 0 Å². The fraction of sp³-hybridized carbons (Fsp3) is 0. The maximum absolute atomic E-state index is 10.9. The number of benzene rings is 2. The molecule has 2 aromatic carbocycles. The highest BCUT2D eigenvalue weighted by molar-refractivity contribution is 5.89. The number of nitrogens with one attached hydrogen (secondary N) is 1. The van der Waals surface area contributed by atoms with Crippen molar-refractivity contribution in [3.63, 3.8) is 0 Å². The van der Waals surface area contributed by atoms with Gasteiger partial charge < -0.3 is 9.84 Å². The van der Waals surface area contributed by atoms with Crippen LogP contribution in [0.25, 0.3) is 0 Å². The van der Waals surface area contributed by atoms with Crippen molar-refractivity contribution in [2.45, 2.75) is 0 Å². The monoisotopic (exact) mass is 281 g/mol. The molecule has 0 spiro atoms. The predicted octanol–water partition coefficient (Wildman–Crippen LogP) is 2.52. The second kappa shape index (κ2) is 6.73. The first-order valence-corrected chi connectivity index (χ1v) is 5.99. The summed E-state index contributed by atoms with van der Waals surface area (Å²) in [5, 5.41) is 20.0. The third kappa shape index (κ3) is 4.08. The van der Waals surface area contributed by atoms with Crippen LogP contribution in [0, 0.1) is 11.5 Å². The van der Waals surface area contributed by atoms with E-state index in [9.17, 15) is 4.79 Å². The smallest absolute Gasteiger partial charge is 0.335 e.